The predicted octanol–water partition coefficient (Wildman–Crippen LogP) is -3.68. The maximum Gasteiger partial charge on any atom is 0.326 e. The molecule has 12 N–H and O–H groups in total. The highest BCUT2D eigenvalue weighted by Crippen LogP contribution is 2.19. The Morgan fingerprint density at radius 1 is 0.875 bits per heavy atom. The van der Waals surface area contributed by atoms with Crippen LogP contribution < -0.4 is 38.1 Å². The molecule has 0 aromatic rings. The Balaban J connectivity index is 2.19. The quantitative estimate of drug-likeness (QED) is 0.0379. The van der Waals surface area contributed by atoms with Gasteiger partial charge in [-0.15, -0.1) is 0 Å². The van der Waals surface area contributed by atoms with Gasteiger partial charge in [0.2, 0.25) is 29.5 Å². The number of guanidine groups is 1. The number of carbonyl (C=O) groups is 7. The molecule has 0 aliphatic carbocycles. The molecule has 19 heteroatoms. The van der Waals surface area contributed by atoms with Crippen molar-refractivity contribution >= 4 is 47.4 Å². The number of likely N-dealkylation sites (tertiary alicyclic amines) is 1. The van der Waals surface area contributed by atoms with Crippen LogP contribution in [0.2, 0.25) is 0 Å². The van der Waals surface area contributed by atoms with Crippen LogP contribution >= 0.6 is 0 Å². The van der Waals surface area contributed by atoms with Crippen LogP contribution in [0.4, 0.5) is 0 Å². The molecule has 0 radical (unpaired) electrons. The molecule has 2 aliphatic heterocycles. The fourth-order valence-electron chi connectivity index (χ4n) is 5.51. The van der Waals surface area contributed by atoms with E-state index in [1.54, 1.807) is 13.8 Å². The standard InChI is InChI=1S/C29H49N9O10/c1-14(2)21(36-24(43)17(8-5-11-33-29(30)31)34-23(42)16-7-4-10-32-16)25(44)37-22(15(3)39)26(45)35-18(13-20(40)41)27(46)38-12-6-9-19(38)28(47)48/h14-19,21-22,32,39H,4-13H2,1-3H3,(H,34,42)(H,35,45)(H,36,43)(H,37,44)(H,40,41)(H,47,48)(H4,30,31,33). The molecule has 0 spiro atoms. The number of carboxylic acid groups (broad SMARTS) is 2. The number of nitrogens with two attached hydrogens (primary N) is 2. The van der Waals surface area contributed by atoms with E-state index in [0.717, 1.165) is 11.3 Å². The minimum Gasteiger partial charge on any atom is -0.481 e. The van der Waals surface area contributed by atoms with Gasteiger partial charge in [-0.05, 0) is 57.9 Å². The molecule has 0 bridgehead atoms. The first kappa shape index (κ1) is 39.7. The highest BCUT2D eigenvalue weighted by atomic mass is 16.4. The third-order valence-corrected chi connectivity index (χ3v) is 8.08. The number of aliphatic hydroxyl groups excluding tert-OH is 1. The molecule has 2 rings (SSSR count). The summed E-state index contributed by atoms with van der Waals surface area (Å²) in [6.07, 6.45) is -0.0813. The van der Waals surface area contributed by atoms with Crippen molar-refractivity contribution in [2.45, 2.75) is 108 Å². The lowest BCUT2D eigenvalue weighted by atomic mass is 10.0. The summed E-state index contributed by atoms with van der Waals surface area (Å²) in [7, 11) is 0. The average Bonchev–Trinajstić information content (AvgIpc) is 3.71. The molecule has 0 saturated carbocycles. The Morgan fingerprint density at radius 3 is 2.06 bits per heavy atom. The number of rotatable bonds is 18. The molecule has 2 heterocycles. The number of aliphatic imine (C=N–C) groups is 1. The summed E-state index contributed by atoms with van der Waals surface area (Å²) >= 11 is 0. The van der Waals surface area contributed by atoms with Gasteiger partial charge in [-0.1, -0.05) is 13.8 Å². The Hall–Kier alpha value is -4.52. The molecular weight excluding hydrogens is 634 g/mol. The first-order chi connectivity index (χ1) is 22.5. The van der Waals surface area contributed by atoms with Crippen molar-refractivity contribution in [2.24, 2.45) is 22.4 Å². The molecule has 2 saturated heterocycles. The molecule has 7 unspecified atom stereocenters. The van der Waals surface area contributed by atoms with Crippen molar-refractivity contribution in [3.8, 4) is 0 Å². The van der Waals surface area contributed by atoms with E-state index in [-0.39, 0.29) is 37.8 Å². The van der Waals surface area contributed by atoms with Gasteiger partial charge in [0, 0.05) is 13.1 Å². The van der Waals surface area contributed by atoms with Crippen LogP contribution in [-0.4, -0.2) is 130 Å². The molecule has 0 aromatic heterocycles. The summed E-state index contributed by atoms with van der Waals surface area (Å²) in [4.78, 5) is 94.1. The Labute approximate surface area is 278 Å². The van der Waals surface area contributed by atoms with Crippen LogP contribution in [0, 0.1) is 5.92 Å². The van der Waals surface area contributed by atoms with Gasteiger partial charge in [0.1, 0.15) is 30.2 Å². The van der Waals surface area contributed by atoms with Crippen molar-refractivity contribution in [3.05, 3.63) is 0 Å². The maximum absolute atomic E-state index is 13.5. The summed E-state index contributed by atoms with van der Waals surface area (Å²) in [5.41, 5.74) is 10.7. The Bertz CT molecular complexity index is 1220. The molecular formula is C29H49N9O10. The van der Waals surface area contributed by atoms with Gasteiger partial charge in [0.25, 0.3) is 0 Å². The van der Waals surface area contributed by atoms with Crippen molar-refractivity contribution in [3.63, 3.8) is 0 Å². The third kappa shape index (κ3) is 11.9. The van der Waals surface area contributed by atoms with E-state index >= 15 is 0 Å². The lowest BCUT2D eigenvalue weighted by Crippen LogP contribution is -2.62. The number of aliphatic hydroxyl groups is 1. The molecule has 5 amide bonds. The zero-order valence-corrected chi connectivity index (χ0v) is 27.4. The molecule has 19 nitrogen and oxygen atoms in total. The van der Waals surface area contributed by atoms with Crippen LogP contribution in [0.15, 0.2) is 4.99 Å². The normalized spacial score (nSPS) is 20.5. The summed E-state index contributed by atoms with van der Waals surface area (Å²) < 4.78 is 0. The van der Waals surface area contributed by atoms with Crippen LogP contribution in [-0.2, 0) is 33.6 Å². The maximum atomic E-state index is 13.5. The van der Waals surface area contributed by atoms with Gasteiger partial charge in [-0.3, -0.25) is 33.8 Å². The lowest BCUT2D eigenvalue weighted by Gasteiger charge is -2.30. The zero-order valence-electron chi connectivity index (χ0n) is 27.4. The molecule has 48 heavy (non-hydrogen) atoms. The van der Waals surface area contributed by atoms with Gasteiger partial charge in [0.15, 0.2) is 5.96 Å². The smallest absolute Gasteiger partial charge is 0.326 e. The van der Waals surface area contributed by atoms with E-state index < -0.39 is 90.3 Å². The van der Waals surface area contributed by atoms with Gasteiger partial charge in [-0.25, -0.2) is 4.79 Å². The van der Waals surface area contributed by atoms with Gasteiger partial charge >= 0.3 is 11.9 Å². The number of carbonyl (C=O) groups excluding carboxylic acids is 5. The van der Waals surface area contributed by atoms with Crippen LogP contribution in [0.5, 0.6) is 0 Å². The number of nitrogens with one attached hydrogen (secondary N) is 5. The monoisotopic (exact) mass is 683 g/mol. The van der Waals surface area contributed by atoms with E-state index in [1.807, 2.05) is 0 Å². The second-order valence-corrected chi connectivity index (χ2v) is 12.3. The van der Waals surface area contributed by atoms with Crippen molar-refractivity contribution in [2.75, 3.05) is 19.6 Å². The lowest BCUT2D eigenvalue weighted by molar-refractivity contribution is -0.151. The van der Waals surface area contributed by atoms with Gasteiger partial charge in [-0.2, -0.15) is 0 Å². The molecule has 7 atom stereocenters. The molecule has 270 valence electrons. The van der Waals surface area contributed by atoms with Gasteiger partial charge in [0.05, 0.1) is 18.6 Å². The Kier molecular flexibility index (Phi) is 15.5. The van der Waals surface area contributed by atoms with E-state index in [0.29, 0.717) is 25.8 Å². The second kappa shape index (κ2) is 18.7. The first-order valence-corrected chi connectivity index (χ1v) is 16.0. The number of nitrogens with zero attached hydrogens (tertiary/aromatic N) is 2. The fraction of sp³-hybridized carbons (Fsp3) is 0.724. The highest BCUT2D eigenvalue weighted by Gasteiger charge is 2.40. The minimum atomic E-state index is -1.70. The summed E-state index contributed by atoms with van der Waals surface area (Å²) in [5.74, 6) is -7.41. The number of hydrogen-bond acceptors (Lipinski definition) is 10. The highest BCUT2D eigenvalue weighted by molar-refractivity contribution is 5.97. The third-order valence-electron chi connectivity index (χ3n) is 8.08. The van der Waals surface area contributed by atoms with E-state index in [4.69, 9.17) is 11.5 Å². The second-order valence-electron chi connectivity index (χ2n) is 12.3. The molecule has 2 fully saturated rings. The fourth-order valence-corrected chi connectivity index (χ4v) is 5.51. The number of aliphatic carboxylic acids is 2. The topological polar surface area (TPSA) is 308 Å². The SMILES string of the molecule is CC(C)C(NC(=O)C(CCCN=C(N)N)NC(=O)C1CCCN1)C(=O)NC(C(=O)NC(CC(=O)O)C(=O)N1CCCC1C(=O)O)C(C)O. The van der Waals surface area contributed by atoms with E-state index in [9.17, 15) is 48.9 Å². The van der Waals surface area contributed by atoms with Crippen molar-refractivity contribution < 1.29 is 48.9 Å². The van der Waals surface area contributed by atoms with Crippen molar-refractivity contribution in [1.29, 1.82) is 0 Å². The Morgan fingerprint density at radius 2 is 1.52 bits per heavy atom. The average molecular weight is 684 g/mol. The predicted molar refractivity (Wildman–Crippen MR) is 170 cm³/mol. The van der Waals surface area contributed by atoms with Crippen molar-refractivity contribution in [1.82, 2.24) is 31.5 Å². The van der Waals surface area contributed by atoms with Gasteiger partial charge < -0.3 is 58.3 Å². The molecule has 2 aliphatic rings. The number of hydrogen-bond donors (Lipinski definition) is 10. The first-order valence-electron chi connectivity index (χ1n) is 16.0. The summed E-state index contributed by atoms with van der Waals surface area (Å²) in [6.45, 7) is 5.30. The largest absolute Gasteiger partial charge is 0.481 e. The zero-order chi connectivity index (χ0) is 36.1. The number of amides is 5. The summed E-state index contributed by atoms with van der Waals surface area (Å²) in [5, 5.41) is 42.2. The minimum absolute atomic E-state index is 0.0427. The van der Waals surface area contributed by atoms with Crippen LogP contribution in [0.3, 0.4) is 0 Å². The number of carboxylic acids is 2. The van der Waals surface area contributed by atoms with Crippen LogP contribution in [0.1, 0.15) is 65.7 Å². The van der Waals surface area contributed by atoms with E-state index in [1.165, 1.54) is 6.92 Å². The van der Waals surface area contributed by atoms with Crippen LogP contribution in [0.25, 0.3) is 0 Å². The van der Waals surface area contributed by atoms with E-state index in [2.05, 4.69) is 31.6 Å². The summed E-state index contributed by atoms with van der Waals surface area (Å²) in [6, 6.07) is -7.39. The molecule has 0 aromatic carbocycles.